The van der Waals surface area contributed by atoms with Gasteiger partial charge in [-0.2, -0.15) is 0 Å². The van der Waals surface area contributed by atoms with Crippen molar-refractivity contribution in [3.05, 3.63) is 24.3 Å². The van der Waals surface area contributed by atoms with Gasteiger partial charge in [-0.05, 0) is 18.2 Å². The van der Waals surface area contributed by atoms with E-state index in [1.807, 2.05) is 55.2 Å². The predicted octanol–water partition coefficient (Wildman–Crippen LogP) is 1.62. The van der Waals surface area contributed by atoms with E-state index in [0.29, 0.717) is 0 Å². The maximum Gasteiger partial charge on any atom is 0.324 e. The second-order valence-electron chi connectivity index (χ2n) is 4.27. The second-order valence-corrected chi connectivity index (χ2v) is 4.27. The van der Waals surface area contributed by atoms with Crippen LogP contribution in [0, 0.1) is 0 Å². The molecular formula is C12H17N3O. The van der Waals surface area contributed by atoms with E-state index in [0.717, 1.165) is 24.5 Å². The zero-order valence-corrected chi connectivity index (χ0v) is 9.97. The van der Waals surface area contributed by atoms with Crippen LogP contribution in [0.2, 0.25) is 0 Å². The van der Waals surface area contributed by atoms with Gasteiger partial charge in [-0.25, -0.2) is 4.79 Å². The molecule has 1 heterocycles. The van der Waals surface area contributed by atoms with Crippen LogP contribution in [0.3, 0.4) is 0 Å². The first-order valence-electron chi connectivity index (χ1n) is 5.39. The zero-order chi connectivity index (χ0) is 11.7. The fourth-order valence-corrected chi connectivity index (χ4v) is 1.83. The van der Waals surface area contributed by atoms with E-state index >= 15 is 0 Å². The summed E-state index contributed by atoms with van der Waals surface area (Å²) in [6, 6.07) is 8.11. The van der Waals surface area contributed by atoms with Crippen LogP contribution >= 0.6 is 0 Å². The fourth-order valence-electron chi connectivity index (χ4n) is 1.83. The van der Waals surface area contributed by atoms with Gasteiger partial charge < -0.3 is 9.80 Å². The molecule has 1 aliphatic rings. The second kappa shape index (κ2) is 4.04. The number of benzene rings is 1. The minimum atomic E-state index is 0.0795. The molecule has 4 heteroatoms. The van der Waals surface area contributed by atoms with Crippen LogP contribution in [0.4, 0.5) is 16.2 Å². The highest BCUT2D eigenvalue weighted by molar-refractivity contribution is 5.94. The summed E-state index contributed by atoms with van der Waals surface area (Å²) in [4.78, 5) is 17.4. The molecule has 0 saturated carbocycles. The predicted molar refractivity (Wildman–Crippen MR) is 66.1 cm³/mol. The van der Waals surface area contributed by atoms with Crippen LogP contribution in [-0.2, 0) is 0 Å². The Hall–Kier alpha value is -1.71. The lowest BCUT2D eigenvalue weighted by atomic mass is 10.2. The third kappa shape index (κ3) is 1.83. The SMILES string of the molecule is CN1CCN(c2cccc(N(C)C)c2)C1=O. The topological polar surface area (TPSA) is 26.8 Å². The van der Waals surface area contributed by atoms with Crippen LogP contribution in [-0.4, -0.2) is 45.2 Å². The molecule has 0 unspecified atom stereocenters. The summed E-state index contributed by atoms with van der Waals surface area (Å²) < 4.78 is 0. The molecule has 0 N–H and O–H groups in total. The molecule has 0 radical (unpaired) electrons. The van der Waals surface area contributed by atoms with Gasteiger partial charge in [0, 0.05) is 45.6 Å². The average molecular weight is 219 g/mol. The molecule has 4 nitrogen and oxygen atoms in total. The lowest BCUT2D eigenvalue weighted by Gasteiger charge is -2.19. The zero-order valence-electron chi connectivity index (χ0n) is 9.97. The summed E-state index contributed by atoms with van der Waals surface area (Å²) in [5.74, 6) is 0. The van der Waals surface area contributed by atoms with Crippen LogP contribution in [0.25, 0.3) is 0 Å². The molecule has 0 bridgehead atoms. The van der Waals surface area contributed by atoms with Gasteiger partial charge in [0.15, 0.2) is 0 Å². The third-order valence-electron chi connectivity index (χ3n) is 2.87. The summed E-state index contributed by atoms with van der Waals surface area (Å²) in [6.07, 6.45) is 0. The number of carbonyl (C=O) groups is 1. The average Bonchev–Trinajstić information content (AvgIpc) is 2.60. The summed E-state index contributed by atoms with van der Waals surface area (Å²) >= 11 is 0. The molecule has 86 valence electrons. The van der Waals surface area contributed by atoms with Crippen molar-refractivity contribution >= 4 is 17.4 Å². The molecule has 1 aromatic rings. The minimum Gasteiger partial charge on any atom is -0.378 e. The smallest absolute Gasteiger partial charge is 0.324 e. The largest absolute Gasteiger partial charge is 0.378 e. The first-order chi connectivity index (χ1) is 7.59. The summed E-state index contributed by atoms with van der Waals surface area (Å²) in [6.45, 7) is 1.57. The maximum absolute atomic E-state index is 11.8. The van der Waals surface area contributed by atoms with Crippen molar-refractivity contribution in [3.8, 4) is 0 Å². The Morgan fingerprint density at radius 1 is 1.25 bits per heavy atom. The Kier molecular flexibility index (Phi) is 2.73. The summed E-state index contributed by atoms with van der Waals surface area (Å²) in [5, 5.41) is 0. The third-order valence-corrected chi connectivity index (χ3v) is 2.87. The van der Waals surface area contributed by atoms with E-state index in [2.05, 4.69) is 0 Å². The summed E-state index contributed by atoms with van der Waals surface area (Å²) in [7, 11) is 5.83. The number of likely N-dealkylation sites (N-methyl/N-ethyl adjacent to an activating group) is 1. The van der Waals surface area contributed by atoms with Crippen LogP contribution in [0.15, 0.2) is 24.3 Å². The molecule has 0 spiro atoms. The van der Waals surface area contributed by atoms with Gasteiger partial charge in [-0.3, -0.25) is 4.90 Å². The number of rotatable bonds is 2. The number of hydrogen-bond acceptors (Lipinski definition) is 2. The quantitative estimate of drug-likeness (QED) is 0.755. The summed E-state index contributed by atoms with van der Waals surface area (Å²) in [5.41, 5.74) is 2.08. The lowest BCUT2D eigenvalue weighted by Crippen LogP contribution is -2.29. The number of anilines is 2. The fraction of sp³-hybridized carbons (Fsp3) is 0.417. The first-order valence-corrected chi connectivity index (χ1v) is 5.39. The number of amides is 2. The lowest BCUT2D eigenvalue weighted by molar-refractivity contribution is 0.229. The molecule has 0 aromatic heterocycles. The molecule has 1 aliphatic heterocycles. The molecule has 16 heavy (non-hydrogen) atoms. The highest BCUT2D eigenvalue weighted by atomic mass is 16.2. The van der Waals surface area contributed by atoms with Crippen molar-refractivity contribution in [2.45, 2.75) is 0 Å². The van der Waals surface area contributed by atoms with Crippen molar-refractivity contribution in [1.82, 2.24) is 4.90 Å². The Morgan fingerprint density at radius 2 is 2.00 bits per heavy atom. The van der Waals surface area contributed by atoms with E-state index in [9.17, 15) is 4.79 Å². The Labute approximate surface area is 96.1 Å². The van der Waals surface area contributed by atoms with Gasteiger partial charge in [0.2, 0.25) is 0 Å². The van der Waals surface area contributed by atoms with Crippen LogP contribution in [0.1, 0.15) is 0 Å². The van der Waals surface area contributed by atoms with Crippen molar-refractivity contribution in [2.75, 3.05) is 44.0 Å². The van der Waals surface area contributed by atoms with Gasteiger partial charge in [0.1, 0.15) is 0 Å². The molecule has 2 amide bonds. The molecule has 1 fully saturated rings. The van der Waals surface area contributed by atoms with Crippen molar-refractivity contribution < 1.29 is 4.79 Å². The first kappa shape index (κ1) is 10.8. The van der Waals surface area contributed by atoms with Crippen molar-refractivity contribution in [1.29, 1.82) is 0 Å². The molecule has 1 saturated heterocycles. The van der Waals surface area contributed by atoms with E-state index in [1.165, 1.54) is 0 Å². The van der Waals surface area contributed by atoms with E-state index in [-0.39, 0.29) is 6.03 Å². The standard InChI is InChI=1S/C12H17N3O/c1-13(2)10-5-4-6-11(9-10)15-8-7-14(3)12(15)16/h4-6,9H,7-8H2,1-3H3. The molecule has 2 rings (SSSR count). The maximum atomic E-state index is 11.8. The van der Waals surface area contributed by atoms with E-state index in [4.69, 9.17) is 0 Å². The molecular weight excluding hydrogens is 202 g/mol. The number of urea groups is 1. The molecule has 1 aromatic carbocycles. The number of carbonyl (C=O) groups excluding carboxylic acids is 1. The Morgan fingerprint density at radius 3 is 2.56 bits per heavy atom. The normalized spacial score (nSPS) is 15.8. The van der Waals surface area contributed by atoms with Crippen LogP contribution in [0.5, 0.6) is 0 Å². The molecule has 0 atom stereocenters. The van der Waals surface area contributed by atoms with Crippen molar-refractivity contribution in [3.63, 3.8) is 0 Å². The molecule has 0 aliphatic carbocycles. The van der Waals surface area contributed by atoms with Crippen LogP contribution < -0.4 is 9.80 Å². The highest BCUT2D eigenvalue weighted by Gasteiger charge is 2.26. The van der Waals surface area contributed by atoms with Crippen molar-refractivity contribution in [2.24, 2.45) is 0 Å². The van der Waals surface area contributed by atoms with Gasteiger partial charge in [-0.1, -0.05) is 6.07 Å². The number of hydrogen-bond donors (Lipinski definition) is 0. The van der Waals surface area contributed by atoms with E-state index < -0.39 is 0 Å². The van der Waals surface area contributed by atoms with Gasteiger partial charge in [0.05, 0.1) is 0 Å². The monoisotopic (exact) mass is 219 g/mol. The van der Waals surface area contributed by atoms with Gasteiger partial charge >= 0.3 is 6.03 Å². The van der Waals surface area contributed by atoms with Gasteiger partial charge in [-0.15, -0.1) is 0 Å². The Bertz CT molecular complexity index is 403. The Balaban J connectivity index is 2.27. The highest BCUT2D eigenvalue weighted by Crippen LogP contribution is 2.23. The minimum absolute atomic E-state index is 0.0795. The van der Waals surface area contributed by atoms with E-state index in [1.54, 1.807) is 4.90 Å². The van der Waals surface area contributed by atoms with Gasteiger partial charge in [0.25, 0.3) is 0 Å². The number of nitrogens with zero attached hydrogens (tertiary/aromatic N) is 3.